The Kier molecular flexibility index (Phi) is 5.21. The van der Waals surface area contributed by atoms with Crippen molar-refractivity contribution >= 4 is 23.7 Å². The van der Waals surface area contributed by atoms with Gasteiger partial charge in [-0.15, -0.1) is 23.7 Å². The molecule has 0 amide bonds. The number of hydrogen-bond donors (Lipinski definition) is 1. The van der Waals surface area contributed by atoms with Crippen LogP contribution in [0.3, 0.4) is 0 Å². The highest BCUT2D eigenvalue weighted by molar-refractivity contribution is 7.13. The van der Waals surface area contributed by atoms with Crippen molar-refractivity contribution in [2.45, 2.75) is 25.4 Å². The quantitative estimate of drug-likeness (QED) is 0.890. The molecule has 20 heavy (non-hydrogen) atoms. The standard InChI is InChI=1S/C14H19N3OS.ClH/c1-17(12(8-15)10-4-5-10)9-11-7-13(18-16-11)14-3-2-6-19-14;/h2-3,6-7,10,12H,4-5,8-9,15H2,1H3;1H. The first-order valence-electron chi connectivity index (χ1n) is 6.67. The first kappa shape index (κ1) is 15.5. The van der Waals surface area contributed by atoms with Gasteiger partial charge in [0.25, 0.3) is 0 Å². The van der Waals surface area contributed by atoms with E-state index >= 15 is 0 Å². The highest BCUT2D eigenvalue weighted by atomic mass is 35.5. The van der Waals surface area contributed by atoms with E-state index in [4.69, 9.17) is 10.3 Å². The lowest BCUT2D eigenvalue weighted by Crippen LogP contribution is -2.39. The van der Waals surface area contributed by atoms with E-state index in [-0.39, 0.29) is 12.4 Å². The third-order valence-electron chi connectivity index (χ3n) is 3.71. The molecular weight excluding hydrogens is 294 g/mol. The van der Waals surface area contributed by atoms with Gasteiger partial charge in [0.1, 0.15) is 0 Å². The van der Waals surface area contributed by atoms with Gasteiger partial charge in [-0.05, 0) is 37.3 Å². The number of likely N-dealkylation sites (N-methyl/N-ethyl adjacent to an activating group) is 1. The van der Waals surface area contributed by atoms with E-state index in [1.807, 2.05) is 23.6 Å². The molecule has 0 radical (unpaired) electrons. The van der Waals surface area contributed by atoms with Gasteiger partial charge in [0.2, 0.25) is 0 Å². The number of halogens is 1. The molecule has 0 bridgehead atoms. The first-order chi connectivity index (χ1) is 9.28. The van der Waals surface area contributed by atoms with E-state index in [2.05, 4.69) is 17.1 Å². The Hall–Kier alpha value is -0.880. The average Bonchev–Trinajstić information content (AvgIpc) is 2.93. The van der Waals surface area contributed by atoms with E-state index in [0.717, 1.165) is 35.3 Å². The number of rotatable bonds is 6. The van der Waals surface area contributed by atoms with Crippen molar-refractivity contribution in [2.75, 3.05) is 13.6 Å². The lowest BCUT2D eigenvalue weighted by molar-refractivity contribution is 0.210. The van der Waals surface area contributed by atoms with Gasteiger partial charge in [-0.2, -0.15) is 0 Å². The minimum absolute atomic E-state index is 0. The van der Waals surface area contributed by atoms with Crippen molar-refractivity contribution in [1.29, 1.82) is 0 Å². The topological polar surface area (TPSA) is 55.3 Å². The van der Waals surface area contributed by atoms with Crippen LogP contribution in [0.1, 0.15) is 18.5 Å². The van der Waals surface area contributed by atoms with Gasteiger partial charge in [-0.1, -0.05) is 11.2 Å². The van der Waals surface area contributed by atoms with Crippen LogP contribution >= 0.6 is 23.7 Å². The zero-order chi connectivity index (χ0) is 13.2. The van der Waals surface area contributed by atoms with Crippen molar-refractivity contribution in [3.05, 3.63) is 29.3 Å². The number of thiophene rings is 1. The molecule has 1 fully saturated rings. The summed E-state index contributed by atoms with van der Waals surface area (Å²) in [6.07, 6.45) is 2.62. The fraction of sp³-hybridized carbons (Fsp3) is 0.500. The third-order valence-corrected chi connectivity index (χ3v) is 4.59. The molecule has 2 aromatic rings. The summed E-state index contributed by atoms with van der Waals surface area (Å²) in [4.78, 5) is 3.42. The second kappa shape index (κ2) is 6.72. The van der Waals surface area contributed by atoms with Gasteiger partial charge in [-0.25, -0.2) is 0 Å². The van der Waals surface area contributed by atoms with Crippen LogP contribution in [0.5, 0.6) is 0 Å². The second-order valence-corrected chi connectivity index (χ2v) is 6.16. The van der Waals surface area contributed by atoms with Crippen molar-refractivity contribution < 1.29 is 4.52 Å². The molecule has 0 aliphatic heterocycles. The van der Waals surface area contributed by atoms with Crippen LogP contribution < -0.4 is 5.73 Å². The van der Waals surface area contributed by atoms with Crippen LogP contribution in [0.4, 0.5) is 0 Å². The number of hydrogen-bond acceptors (Lipinski definition) is 5. The average molecular weight is 314 g/mol. The van der Waals surface area contributed by atoms with Gasteiger partial charge < -0.3 is 10.3 Å². The second-order valence-electron chi connectivity index (χ2n) is 5.22. The van der Waals surface area contributed by atoms with Crippen LogP contribution in [-0.4, -0.2) is 29.7 Å². The summed E-state index contributed by atoms with van der Waals surface area (Å²) < 4.78 is 5.40. The molecule has 0 spiro atoms. The van der Waals surface area contributed by atoms with Gasteiger partial charge in [-0.3, -0.25) is 4.90 Å². The highest BCUT2D eigenvalue weighted by Crippen LogP contribution is 2.35. The Labute approximate surface area is 129 Å². The predicted molar refractivity (Wildman–Crippen MR) is 84.1 cm³/mol. The number of nitrogens with zero attached hydrogens (tertiary/aromatic N) is 2. The van der Waals surface area contributed by atoms with Gasteiger partial charge in [0.05, 0.1) is 10.6 Å². The van der Waals surface area contributed by atoms with Crippen LogP contribution in [-0.2, 0) is 6.54 Å². The smallest absolute Gasteiger partial charge is 0.177 e. The Morgan fingerprint density at radius 3 is 2.95 bits per heavy atom. The molecule has 1 aliphatic carbocycles. The molecule has 110 valence electrons. The zero-order valence-corrected chi connectivity index (χ0v) is 13.1. The van der Waals surface area contributed by atoms with Crippen molar-refractivity contribution in [3.63, 3.8) is 0 Å². The molecule has 1 saturated carbocycles. The van der Waals surface area contributed by atoms with E-state index < -0.39 is 0 Å². The Morgan fingerprint density at radius 1 is 1.55 bits per heavy atom. The summed E-state index contributed by atoms with van der Waals surface area (Å²) in [6, 6.07) is 6.57. The molecule has 0 aromatic carbocycles. The molecule has 2 aromatic heterocycles. The lowest BCUT2D eigenvalue weighted by atomic mass is 10.1. The van der Waals surface area contributed by atoms with Gasteiger partial charge in [0, 0.05) is 25.2 Å². The highest BCUT2D eigenvalue weighted by Gasteiger charge is 2.33. The summed E-state index contributed by atoms with van der Waals surface area (Å²) in [5, 5.41) is 6.20. The molecule has 4 nitrogen and oxygen atoms in total. The molecule has 3 rings (SSSR count). The molecule has 6 heteroatoms. The molecule has 0 saturated heterocycles. The Balaban J connectivity index is 0.00000147. The fourth-order valence-corrected chi connectivity index (χ4v) is 3.18. The maximum Gasteiger partial charge on any atom is 0.177 e. The van der Waals surface area contributed by atoms with Crippen LogP contribution in [0.2, 0.25) is 0 Å². The summed E-state index contributed by atoms with van der Waals surface area (Å²) in [5.41, 5.74) is 6.84. The van der Waals surface area contributed by atoms with Crippen LogP contribution in [0.25, 0.3) is 10.6 Å². The molecule has 1 atom stereocenters. The largest absolute Gasteiger partial charge is 0.355 e. The maximum atomic E-state index is 5.87. The molecule has 2 N–H and O–H groups in total. The molecule has 2 heterocycles. The molecule has 1 unspecified atom stereocenters. The zero-order valence-electron chi connectivity index (χ0n) is 11.5. The summed E-state index contributed by atoms with van der Waals surface area (Å²) in [5.74, 6) is 1.63. The van der Waals surface area contributed by atoms with E-state index in [1.54, 1.807) is 11.3 Å². The van der Waals surface area contributed by atoms with E-state index in [1.165, 1.54) is 12.8 Å². The minimum atomic E-state index is 0. The monoisotopic (exact) mass is 313 g/mol. The SMILES string of the molecule is CN(Cc1cc(-c2cccs2)on1)C(CN)C1CC1.Cl. The minimum Gasteiger partial charge on any atom is -0.355 e. The van der Waals surface area contributed by atoms with Crippen LogP contribution in [0, 0.1) is 5.92 Å². The van der Waals surface area contributed by atoms with Crippen molar-refractivity contribution in [3.8, 4) is 10.6 Å². The van der Waals surface area contributed by atoms with Gasteiger partial charge in [0.15, 0.2) is 5.76 Å². The fourth-order valence-electron chi connectivity index (χ4n) is 2.51. The molecular formula is C14H20ClN3OS. The number of aromatic nitrogens is 1. The van der Waals surface area contributed by atoms with Crippen LogP contribution in [0.15, 0.2) is 28.1 Å². The third kappa shape index (κ3) is 3.41. The summed E-state index contributed by atoms with van der Waals surface area (Å²) in [6.45, 7) is 1.52. The molecule has 1 aliphatic rings. The first-order valence-corrected chi connectivity index (χ1v) is 7.55. The van der Waals surface area contributed by atoms with Crippen molar-refractivity contribution in [1.82, 2.24) is 10.1 Å². The Morgan fingerprint density at radius 2 is 2.35 bits per heavy atom. The lowest BCUT2D eigenvalue weighted by Gasteiger charge is -2.25. The van der Waals surface area contributed by atoms with Crippen molar-refractivity contribution in [2.24, 2.45) is 11.7 Å². The maximum absolute atomic E-state index is 5.87. The van der Waals surface area contributed by atoms with E-state index in [9.17, 15) is 0 Å². The van der Waals surface area contributed by atoms with Gasteiger partial charge >= 0.3 is 0 Å². The van der Waals surface area contributed by atoms with E-state index in [0.29, 0.717) is 6.04 Å². The summed E-state index contributed by atoms with van der Waals surface area (Å²) >= 11 is 1.67. The predicted octanol–water partition coefficient (Wildman–Crippen LogP) is 2.99. The normalized spacial score (nSPS) is 16.1. The summed E-state index contributed by atoms with van der Waals surface area (Å²) in [7, 11) is 2.12. The number of nitrogens with two attached hydrogens (primary N) is 1. The Bertz CT molecular complexity index is 524.